The van der Waals surface area contributed by atoms with Gasteiger partial charge in [-0.2, -0.15) is 0 Å². The van der Waals surface area contributed by atoms with Gasteiger partial charge in [-0.3, -0.25) is 0 Å². The van der Waals surface area contributed by atoms with Crippen molar-refractivity contribution in [1.29, 1.82) is 0 Å². The van der Waals surface area contributed by atoms with Crippen LogP contribution in [0.2, 0.25) is 0 Å². The van der Waals surface area contributed by atoms with Crippen LogP contribution in [0.5, 0.6) is 0 Å². The lowest BCUT2D eigenvalue weighted by Gasteiger charge is -2.10. The maximum Gasteiger partial charge on any atom is 0.123 e. The Morgan fingerprint density at radius 2 is 1.92 bits per heavy atom. The number of rotatable bonds is 4. The summed E-state index contributed by atoms with van der Waals surface area (Å²) in [5.74, 6) is 0.471. The molecule has 0 heterocycles. The molecule has 13 heavy (non-hydrogen) atoms. The quantitative estimate of drug-likeness (QED) is 0.751. The van der Waals surface area contributed by atoms with Gasteiger partial charge < -0.3 is 5.32 Å². The molecule has 72 valence electrons. The second kappa shape index (κ2) is 4.85. The van der Waals surface area contributed by atoms with Crippen molar-refractivity contribution in [3.63, 3.8) is 0 Å². The molecule has 0 bridgehead atoms. The van der Waals surface area contributed by atoms with Crippen molar-refractivity contribution >= 4 is 5.69 Å². The van der Waals surface area contributed by atoms with Crippen molar-refractivity contribution < 1.29 is 4.39 Å². The molecule has 0 radical (unpaired) electrons. The van der Waals surface area contributed by atoms with Gasteiger partial charge in [0.2, 0.25) is 0 Å². The molecular weight excluding hydrogens is 165 g/mol. The van der Waals surface area contributed by atoms with E-state index in [9.17, 15) is 4.39 Å². The highest BCUT2D eigenvalue weighted by atomic mass is 19.1. The minimum absolute atomic E-state index is 0.186. The second-order valence-corrected chi connectivity index (χ2v) is 3.40. The van der Waals surface area contributed by atoms with E-state index >= 15 is 0 Å². The Kier molecular flexibility index (Phi) is 3.74. The van der Waals surface area contributed by atoms with Gasteiger partial charge in [-0.25, -0.2) is 4.39 Å². The normalized spacial score (nSPS) is 12.5. The van der Waals surface area contributed by atoms with Gasteiger partial charge in [0.1, 0.15) is 5.82 Å². The predicted molar refractivity (Wildman–Crippen MR) is 54.3 cm³/mol. The molecule has 0 saturated heterocycles. The van der Waals surface area contributed by atoms with Gasteiger partial charge in [0, 0.05) is 12.2 Å². The summed E-state index contributed by atoms with van der Waals surface area (Å²) in [5.41, 5.74) is 0.988. The lowest BCUT2D eigenvalue weighted by molar-refractivity contribution is 0.593. The van der Waals surface area contributed by atoms with Crippen LogP contribution >= 0.6 is 0 Å². The van der Waals surface area contributed by atoms with Gasteiger partial charge in [-0.05, 0) is 30.2 Å². The molecule has 1 nitrogen and oxygen atoms in total. The van der Waals surface area contributed by atoms with E-state index < -0.39 is 0 Å². The molecule has 1 unspecified atom stereocenters. The van der Waals surface area contributed by atoms with Crippen LogP contribution in [0.1, 0.15) is 20.3 Å². The predicted octanol–water partition coefficient (Wildman–Crippen LogP) is 3.28. The average molecular weight is 181 g/mol. The SMILES string of the molecule is CCC(C)CNc1ccc(F)cc1. The fourth-order valence-corrected chi connectivity index (χ4v) is 1.00. The van der Waals surface area contributed by atoms with E-state index in [0.717, 1.165) is 18.7 Å². The zero-order chi connectivity index (χ0) is 9.68. The maximum atomic E-state index is 12.5. The van der Waals surface area contributed by atoms with Gasteiger partial charge in [-0.15, -0.1) is 0 Å². The van der Waals surface area contributed by atoms with Crippen LogP contribution < -0.4 is 5.32 Å². The molecule has 0 spiro atoms. The summed E-state index contributed by atoms with van der Waals surface area (Å²) in [6, 6.07) is 6.47. The Morgan fingerprint density at radius 3 is 2.46 bits per heavy atom. The van der Waals surface area contributed by atoms with Crippen molar-refractivity contribution in [2.45, 2.75) is 20.3 Å². The smallest absolute Gasteiger partial charge is 0.123 e. The van der Waals surface area contributed by atoms with Gasteiger partial charge in [0.25, 0.3) is 0 Å². The first-order valence-corrected chi connectivity index (χ1v) is 4.71. The van der Waals surface area contributed by atoms with E-state index in [1.54, 1.807) is 12.1 Å². The second-order valence-electron chi connectivity index (χ2n) is 3.40. The average Bonchev–Trinajstić information content (AvgIpc) is 2.16. The molecule has 1 aromatic carbocycles. The third kappa shape index (κ3) is 3.45. The molecule has 0 amide bonds. The zero-order valence-corrected chi connectivity index (χ0v) is 8.18. The van der Waals surface area contributed by atoms with Crippen LogP contribution in [0.4, 0.5) is 10.1 Å². The molecular formula is C11H16FN. The van der Waals surface area contributed by atoms with Crippen LogP contribution in [0, 0.1) is 11.7 Å². The lowest BCUT2D eigenvalue weighted by atomic mass is 10.1. The van der Waals surface area contributed by atoms with E-state index in [0.29, 0.717) is 5.92 Å². The third-order valence-electron chi connectivity index (χ3n) is 2.20. The first-order chi connectivity index (χ1) is 6.22. The van der Waals surface area contributed by atoms with E-state index in [1.807, 2.05) is 0 Å². The highest BCUT2D eigenvalue weighted by Crippen LogP contribution is 2.09. The third-order valence-corrected chi connectivity index (χ3v) is 2.20. The standard InChI is InChI=1S/C11H16FN/c1-3-9(2)8-13-11-6-4-10(12)5-7-11/h4-7,9,13H,3,8H2,1-2H3. The van der Waals surface area contributed by atoms with Crippen LogP contribution in [-0.2, 0) is 0 Å². The number of anilines is 1. The number of hydrogen-bond acceptors (Lipinski definition) is 1. The summed E-state index contributed by atoms with van der Waals surface area (Å²) in [7, 11) is 0. The van der Waals surface area contributed by atoms with E-state index in [4.69, 9.17) is 0 Å². The fraction of sp³-hybridized carbons (Fsp3) is 0.455. The number of hydrogen-bond donors (Lipinski definition) is 1. The molecule has 0 aliphatic rings. The summed E-state index contributed by atoms with van der Waals surface area (Å²) in [4.78, 5) is 0. The van der Waals surface area contributed by atoms with Crippen molar-refractivity contribution in [3.05, 3.63) is 30.1 Å². The van der Waals surface area contributed by atoms with Crippen molar-refractivity contribution in [2.24, 2.45) is 5.92 Å². The van der Waals surface area contributed by atoms with Gasteiger partial charge in [0.05, 0.1) is 0 Å². The maximum absolute atomic E-state index is 12.5. The monoisotopic (exact) mass is 181 g/mol. The van der Waals surface area contributed by atoms with Crippen molar-refractivity contribution in [3.8, 4) is 0 Å². The summed E-state index contributed by atoms with van der Waals surface area (Å²) < 4.78 is 12.5. The topological polar surface area (TPSA) is 12.0 Å². The molecule has 0 aromatic heterocycles. The number of benzene rings is 1. The Balaban J connectivity index is 2.41. The van der Waals surface area contributed by atoms with Crippen LogP contribution in [0.3, 0.4) is 0 Å². The minimum Gasteiger partial charge on any atom is -0.385 e. The molecule has 1 N–H and O–H groups in total. The number of halogens is 1. The summed E-state index contributed by atoms with van der Waals surface area (Å²) in [5, 5.41) is 3.26. The summed E-state index contributed by atoms with van der Waals surface area (Å²) in [6.45, 7) is 5.30. The molecule has 0 saturated carbocycles. The Labute approximate surface area is 79.0 Å². The highest BCUT2D eigenvalue weighted by molar-refractivity contribution is 5.42. The summed E-state index contributed by atoms with van der Waals surface area (Å²) >= 11 is 0. The fourth-order valence-electron chi connectivity index (χ4n) is 1.00. The lowest BCUT2D eigenvalue weighted by Crippen LogP contribution is -2.09. The molecule has 0 aliphatic heterocycles. The minimum atomic E-state index is -0.186. The summed E-state index contributed by atoms with van der Waals surface area (Å²) in [6.07, 6.45) is 1.16. The van der Waals surface area contributed by atoms with Crippen LogP contribution in [-0.4, -0.2) is 6.54 Å². The van der Waals surface area contributed by atoms with Gasteiger partial charge in [-0.1, -0.05) is 20.3 Å². The Morgan fingerprint density at radius 1 is 1.31 bits per heavy atom. The Bertz CT molecular complexity index is 243. The largest absolute Gasteiger partial charge is 0.385 e. The molecule has 1 aromatic rings. The molecule has 1 atom stereocenters. The van der Waals surface area contributed by atoms with Crippen molar-refractivity contribution in [1.82, 2.24) is 0 Å². The highest BCUT2D eigenvalue weighted by Gasteiger charge is 1.98. The van der Waals surface area contributed by atoms with E-state index in [2.05, 4.69) is 19.2 Å². The molecule has 0 aliphatic carbocycles. The zero-order valence-electron chi connectivity index (χ0n) is 8.18. The van der Waals surface area contributed by atoms with E-state index in [1.165, 1.54) is 12.1 Å². The first-order valence-electron chi connectivity index (χ1n) is 4.71. The first kappa shape index (κ1) is 10.0. The van der Waals surface area contributed by atoms with E-state index in [-0.39, 0.29) is 5.82 Å². The van der Waals surface area contributed by atoms with Crippen LogP contribution in [0.25, 0.3) is 0 Å². The number of nitrogens with one attached hydrogen (secondary N) is 1. The van der Waals surface area contributed by atoms with Gasteiger partial charge >= 0.3 is 0 Å². The van der Waals surface area contributed by atoms with Crippen molar-refractivity contribution in [2.75, 3.05) is 11.9 Å². The molecule has 0 fully saturated rings. The van der Waals surface area contributed by atoms with Crippen LogP contribution in [0.15, 0.2) is 24.3 Å². The Hall–Kier alpha value is -1.05. The molecule has 1 rings (SSSR count). The van der Waals surface area contributed by atoms with Gasteiger partial charge in [0.15, 0.2) is 0 Å². The molecule has 2 heteroatoms.